The van der Waals surface area contributed by atoms with Gasteiger partial charge in [0.25, 0.3) is 0 Å². The molecule has 61 heavy (non-hydrogen) atoms. The second-order valence-electron chi connectivity index (χ2n) is 15.9. The molecule has 2 heterocycles. The molecule has 0 bridgehead atoms. The lowest BCUT2D eigenvalue weighted by atomic mass is 9.91. The minimum atomic E-state index is 1.08. The van der Waals surface area contributed by atoms with Crippen LogP contribution in [0.4, 0.5) is 0 Å². The molecular weight excluding hydrogens is 755 g/mol. The topological polar surface area (TPSA) is 12.9 Å². The van der Waals surface area contributed by atoms with E-state index < -0.39 is 0 Å². The highest BCUT2D eigenvalue weighted by Gasteiger charge is 2.14. The fourth-order valence-electron chi connectivity index (χ4n) is 9.31. The molecule has 0 aliphatic heterocycles. The van der Waals surface area contributed by atoms with Crippen LogP contribution in [0.15, 0.2) is 225 Å². The van der Waals surface area contributed by atoms with Crippen LogP contribution in [-0.4, -0.2) is 4.98 Å². The minimum Gasteiger partial charge on any atom is -0.255 e. The Morgan fingerprint density at radius 2 is 0.639 bits per heavy atom. The fourth-order valence-corrected chi connectivity index (χ4v) is 10.5. The van der Waals surface area contributed by atoms with Gasteiger partial charge in [-0.25, -0.2) is 0 Å². The van der Waals surface area contributed by atoms with Crippen LogP contribution in [0.5, 0.6) is 0 Å². The molecule has 0 aliphatic rings. The normalized spacial score (nSPS) is 11.6. The van der Waals surface area contributed by atoms with E-state index in [-0.39, 0.29) is 0 Å². The zero-order valence-corrected chi connectivity index (χ0v) is 34.0. The molecular formula is C59H37NS. The largest absolute Gasteiger partial charge is 0.255 e. The summed E-state index contributed by atoms with van der Waals surface area (Å²) < 4.78 is 2.50. The van der Waals surface area contributed by atoms with E-state index in [0.29, 0.717) is 0 Å². The molecule has 0 saturated heterocycles. The summed E-state index contributed by atoms with van der Waals surface area (Å²) in [6.07, 6.45) is 1.89. The lowest BCUT2D eigenvalue weighted by Gasteiger charge is -2.13. The highest BCUT2D eigenvalue weighted by molar-refractivity contribution is 7.26. The smallest absolute Gasteiger partial charge is 0.0888 e. The molecule has 10 aromatic carbocycles. The van der Waals surface area contributed by atoms with Gasteiger partial charge in [0.2, 0.25) is 0 Å². The maximum Gasteiger partial charge on any atom is 0.0888 e. The summed E-state index contributed by atoms with van der Waals surface area (Å²) in [5.41, 5.74) is 15.6. The fraction of sp³-hybridized carbons (Fsp3) is 0. The van der Waals surface area contributed by atoms with Crippen LogP contribution in [0, 0.1) is 0 Å². The Hall–Kier alpha value is -7.65. The zero-order valence-electron chi connectivity index (χ0n) is 33.2. The summed E-state index contributed by atoms with van der Waals surface area (Å²) in [5, 5.41) is 8.98. The van der Waals surface area contributed by atoms with Crippen molar-refractivity contribution in [1.29, 1.82) is 0 Å². The Morgan fingerprint density at radius 1 is 0.262 bits per heavy atom. The Kier molecular flexibility index (Phi) is 8.43. The average Bonchev–Trinajstić information content (AvgIpc) is 3.73. The molecule has 12 aromatic rings. The van der Waals surface area contributed by atoms with Crippen LogP contribution in [0.1, 0.15) is 0 Å². The van der Waals surface area contributed by atoms with Crippen molar-refractivity contribution in [2.24, 2.45) is 0 Å². The van der Waals surface area contributed by atoms with Gasteiger partial charge in [-0.05, 0) is 148 Å². The molecule has 0 unspecified atom stereocenters. The Labute approximate surface area is 358 Å². The van der Waals surface area contributed by atoms with Gasteiger partial charge in [0.1, 0.15) is 0 Å². The summed E-state index contributed by atoms with van der Waals surface area (Å²) in [5.74, 6) is 0. The first-order chi connectivity index (χ1) is 30.2. The second-order valence-corrected chi connectivity index (χ2v) is 16.9. The molecule has 2 heteroatoms. The third-order valence-electron chi connectivity index (χ3n) is 12.3. The summed E-state index contributed by atoms with van der Waals surface area (Å²) in [6, 6.07) is 80.0. The Balaban J connectivity index is 0.855. The quantitative estimate of drug-likeness (QED) is 0.153. The van der Waals surface area contributed by atoms with Gasteiger partial charge in [-0.3, -0.25) is 4.98 Å². The van der Waals surface area contributed by atoms with Crippen LogP contribution in [0.3, 0.4) is 0 Å². The van der Waals surface area contributed by atoms with Gasteiger partial charge in [-0.15, -0.1) is 11.3 Å². The van der Waals surface area contributed by atoms with Crippen LogP contribution >= 0.6 is 11.3 Å². The highest BCUT2D eigenvalue weighted by Crippen LogP contribution is 2.41. The molecule has 0 spiro atoms. The average molecular weight is 792 g/mol. The van der Waals surface area contributed by atoms with Crippen LogP contribution in [0.25, 0.3) is 119 Å². The number of pyridine rings is 1. The molecule has 0 atom stereocenters. The number of fused-ring (bicyclic) bond motifs is 9. The third kappa shape index (κ3) is 6.20. The lowest BCUT2D eigenvalue weighted by Crippen LogP contribution is -1.87. The number of nitrogens with zero attached hydrogens (tertiary/aromatic N) is 1. The van der Waals surface area contributed by atoms with Gasteiger partial charge in [-0.2, -0.15) is 0 Å². The van der Waals surface area contributed by atoms with E-state index in [2.05, 4.69) is 212 Å². The summed E-state index contributed by atoms with van der Waals surface area (Å²) >= 11 is 1.82. The van der Waals surface area contributed by atoms with Gasteiger partial charge >= 0.3 is 0 Å². The Bertz CT molecular complexity index is 3630. The first-order valence-electron chi connectivity index (χ1n) is 20.8. The monoisotopic (exact) mass is 791 g/mol. The van der Waals surface area contributed by atoms with Crippen molar-refractivity contribution >= 4 is 64.0 Å². The molecule has 0 fully saturated rings. The molecule has 284 valence electrons. The van der Waals surface area contributed by atoms with E-state index in [9.17, 15) is 0 Å². The number of rotatable bonds is 6. The van der Waals surface area contributed by atoms with Crippen molar-refractivity contribution in [3.05, 3.63) is 225 Å². The van der Waals surface area contributed by atoms with Crippen molar-refractivity contribution in [1.82, 2.24) is 4.98 Å². The van der Waals surface area contributed by atoms with Gasteiger partial charge in [0.05, 0.1) is 10.2 Å². The van der Waals surface area contributed by atoms with Crippen LogP contribution < -0.4 is 0 Å². The van der Waals surface area contributed by atoms with E-state index >= 15 is 0 Å². The SMILES string of the molecule is c1cc(-c2cccc(-c3cccc(-c4ccc5c6ccccc6c6ccccc6c5c4)c3)c2)cc(-c2cccc(-c3cccc(-c4cccc5c4sc4cccnc45)c3)c2)c1. The van der Waals surface area contributed by atoms with E-state index in [1.807, 2.05) is 23.6 Å². The van der Waals surface area contributed by atoms with Crippen molar-refractivity contribution in [3.8, 4) is 66.8 Å². The molecule has 12 rings (SSSR count). The first-order valence-corrected chi connectivity index (χ1v) is 21.7. The van der Waals surface area contributed by atoms with Crippen molar-refractivity contribution < 1.29 is 0 Å². The van der Waals surface area contributed by atoms with Gasteiger partial charge < -0.3 is 0 Å². The summed E-state index contributed by atoms with van der Waals surface area (Å²) in [4.78, 5) is 4.70. The Morgan fingerprint density at radius 3 is 1.13 bits per heavy atom. The third-order valence-corrected chi connectivity index (χ3v) is 13.5. The van der Waals surface area contributed by atoms with Crippen LogP contribution in [0.2, 0.25) is 0 Å². The maximum atomic E-state index is 4.70. The summed E-state index contributed by atoms with van der Waals surface area (Å²) in [6.45, 7) is 0. The minimum absolute atomic E-state index is 1.08. The van der Waals surface area contributed by atoms with Crippen LogP contribution in [-0.2, 0) is 0 Å². The molecule has 1 nitrogen and oxygen atoms in total. The van der Waals surface area contributed by atoms with E-state index in [1.165, 1.54) is 114 Å². The molecule has 0 saturated carbocycles. The van der Waals surface area contributed by atoms with E-state index in [4.69, 9.17) is 4.98 Å². The zero-order chi connectivity index (χ0) is 40.3. The molecule has 0 radical (unpaired) electrons. The molecule has 0 amide bonds. The predicted octanol–water partition coefficient (Wildman–Crippen LogP) is 16.9. The lowest BCUT2D eigenvalue weighted by molar-refractivity contribution is 1.44. The number of benzene rings is 10. The van der Waals surface area contributed by atoms with E-state index in [0.717, 1.165) is 5.52 Å². The predicted molar refractivity (Wildman–Crippen MR) is 262 cm³/mol. The number of aromatic nitrogens is 1. The highest BCUT2D eigenvalue weighted by atomic mass is 32.1. The number of thiophene rings is 1. The number of hydrogen-bond acceptors (Lipinski definition) is 2. The first kappa shape index (κ1) is 35.3. The van der Waals surface area contributed by atoms with Gasteiger partial charge in [-0.1, -0.05) is 170 Å². The van der Waals surface area contributed by atoms with Gasteiger partial charge in [0, 0.05) is 16.3 Å². The number of hydrogen-bond donors (Lipinski definition) is 0. The second kappa shape index (κ2) is 14.6. The van der Waals surface area contributed by atoms with E-state index in [1.54, 1.807) is 0 Å². The standard InChI is InChI=1S/C59H37NS/c1-2-24-52-50(22-1)51-23-3-4-25-53(51)56-37-47(29-30-54(52)56)45-19-8-17-43(35-45)41-15-6-13-39(33-41)38-12-5-14-40(32-38)42-16-7-18-44(34-42)46-20-9-21-48(36-46)49-26-10-27-55-58-57(61-59(49)55)28-11-31-60-58/h1-37H. The van der Waals surface area contributed by atoms with Crippen molar-refractivity contribution in [2.45, 2.75) is 0 Å². The summed E-state index contributed by atoms with van der Waals surface area (Å²) in [7, 11) is 0. The van der Waals surface area contributed by atoms with Crippen molar-refractivity contribution in [3.63, 3.8) is 0 Å². The van der Waals surface area contributed by atoms with Crippen molar-refractivity contribution in [2.75, 3.05) is 0 Å². The molecule has 0 aliphatic carbocycles. The molecule has 2 aromatic heterocycles. The van der Waals surface area contributed by atoms with Gasteiger partial charge in [0.15, 0.2) is 0 Å². The maximum absolute atomic E-state index is 4.70. The molecule has 0 N–H and O–H groups in total.